The summed E-state index contributed by atoms with van der Waals surface area (Å²) >= 11 is 1.38. The molecule has 0 amide bonds. The molecule has 0 aromatic carbocycles. The summed E-state index contributed by atoms with van der Waals surface area (Å²) in [7, 11) is -0.399. The van der Waals surface area contributed by atoms with Gasteiger partial charge in [-0.3, -0.25) is 0 Å². The summed E-state index contributed by atoms with van der Waals surface area (Å²) in [6.45, 7) is 5.68. The van der Waals surface area contributed by atoms with Gasteiger partial charge in [-0.15, -0.1) is 0 Å². The van der Waals surface area contributed by atoms with Crippen molar-refractivity contribution < 1.29 is 33.2 Å². The molecule has 135 valence electrons. The molecule has 0 heterocycles. The first-order valence-corrected chi connectivity index (χ1v) is 13.4. The molecule has 0 spiro atoms. The van der Waals surface area contributed by atoms with Crippen LogP contribution in [0.25, 0.3) is 0 Å². The zero-order valence-electron chi connectivity index (χ0n) is 14.8. The summed E-state index contributed by atoms with van der Waals surface area (Å²) in [4.78, 5) is 20.8. The minimum atomic E-state index is -3.20. The van der Waals surface area contributed by atoms with Gasteiger partial charge in [0.05, 0.1) is 0 Å². The first-order chi connectivity index (χ1) is 10.4. The Morgan fingerprint density at radius 3 is 1.59 bits per heavy atom. The summed E-state index contributed by atoms with van der Waals surface area (Å²) in [6, 6.07) is 0. The van der Waals surface area contributed by atoms with Crippen LogP contribution in [0.2, 0.25) is 0 Å². The Labute approximate surface area is 152 Å². The molecule has 0 aliphatic carbocycles. The number of hydrogen-bond donors (Lipinski definition) is 2. The molecule has 6 heteroatoms. The fraction of sp³-hybridized carbons (Fsp3) is 1.00. The molecule has 0 saturated heterocycles. The van der Waals surface area contributed by atoms with Gasteiger partial charge in [-0.1, -0.05) is 0 Å². The SMILES string of the molecule is CCCCC(CC)CS(CC(CC)CCCC)=P(O)(O)[O][Mo]. The van der Waals surface area contributed by atoms with Crippen molar-refractivity contribution in [1.29, 1.82) is 0 Å². The van der Waals surface area contributed by atoms with E-state index in [2.05, 4.69) is 27.7 Å². The molecule has 0 aromatic heterocycles. The molecular formula is C16H36MoO3PS. The van der Waals surface area contributed by atoms with Gasteiger partial charge in [0.1, 0.15) is 0 Å². The van der Waals surface area contributed by atoms with Crippen LogP contribution in [0.5, 0.6) is 0 Å². The van der Waals surface area contributed by atoms with E-state index in [9.17, 15) is 9.79 Å². The first-order valence-electron chi connectivity index (χ1n) is 8.79. The predicted octanol–water partition coefficient (Wildman–Crippen LogP) is 5.18. The second-order valence-electron chi connectivity index (χ2n) is 6.19. The molecule has 0 aliphatic rings. The Morgan fingerprint density at radius 1 is 0.909 bits per heavy atom. The Bertz CT molecular complexity index is 313. The van der Waals surface area contributed by atoms with Gasteiger partial charge in [-0.05, 0) is 0 Å². The van der Waals surface area contributed by atoms with Crippen LogP contribution in [0, 0.1) is 11.8 Å². The summed E-state index contributed by atoms with van der Waals surface area (Å²) < 4.78 is 5.14. The number of rotatable bonds is 13. The van der Waals surface area contributed by atoms with E-state index >= 15 is 0 Å². The van der Waals surface area contributed by atoms with E-state index in [4.69, 9.17) is 3.18 Å². The minimum absolute atomic E-state index is 0.399. The van der Waals surface area contributed by atoms with Crippen molar-refractivity contribution in [3.05, 3.63) is 0 Å². The van der Waals surface area contributed by atoms with Crippen molar-refractivity contribution in [2.75, 3.05) is 11.5 Å². The number of unbranched alkanes of at least 4 members (excludes halogenated alkanes) is 2. The molecule has 2 atom stereocenters. The van der Waals surface area contributed by atoms with Crippen molar-refractivity contribution in [3.63, 3.8) is 0 Å². The standard InChI is InChI=1S/C16H36O3PS.Mo/c1-5-9-11-15(7-3)13-21(20(17,18)19)14-16(8-4)12-10-6-2;/h15-16H,5-14H2,1-4H3,(H2-,17,18,19);/q-1;+1. The zero-order valence-corrected chi connectivity index (χ0v) is 18.5. The third kappa shape index (κ3) is 9.60. The Hall–Kier alpha value is 1.35. The molecule has 0 rings (SSSR count). The molecule has 0 fully saturated rings. The van der Waals surface area contributed by atoms with Crippen LogP contribution in [-0.4, -0.2) is 21.3 Å². The molecule has 3 nitrogen and oxygen atoms in total. The van der Waals surface area contributed by atoms with E-state index < -0.39 is 16.8 Å². The van der Waals surface area contributed by atoms with Gasteiger partial charge in [0, 0.05) is 0 Å². The third-order valence-corrected chi connectivity index (χ3v) is 12.4. The zero-order chi connectivity index (χ0) is 17.0. The van der Waals surface area contributed by atoms with E-state index in [0.29, 0.717) is 11.8 Å². The maximum absolute atomic E-state index is 10.4. The van der Waals surface area contributed by atoms with E-state index in [1.807, 2.05) is 0 Å². The van der Waals surface area contributed by atoms with Crippen molar-refractivity contribution >= 4 is 16.8 Å². The third-order valence-electron chi connectivity index (χ3n) is 4.38. The van der Waals surface area contributed by atoms with E-state index in [-0.39, 0.29) is 0 Å². The summed E-state index contributed by atoms with van der Waals surface area (Å²) in [6.07, 6.45) is 9.54. The maximum atomic E-state index is 10.4. The quantitative estimate of drug-likeness (QED) is 0.310. The van der Waals surface area contributed by atoms with Crippen LogP contribution < -0.4 is 0 Å². The van der Waals surface area contributed by atoms with Crippen molar-refractivity contribution in [1.82, 2.24) is 0 Å². The molecule has 0 aromatic rings. The monoisotopic (exact) mass is 437 g/mol. The number of hydrogen-bond acceptors (Lipinski definition) is 1. The molecule has 0 radical (unpaired) electrons. The normalized spacial score (nSPS) is 16.5. The average molecular weight is 435 g/mol. The second-order valence-corrected chi connectivity index (χ2v) is 13.0. The van der Waals surface area contributed by atoms with Crippen LogP contribution >= 0.6 is 6.72 Å². The Morgan fingerprint density at radius 2 is 1.32 bits per heavy atom. The fourth-order valence-electron chi connectivity index (χ4n) is 2.65. The molecule has 2 N–H and O–H groups in total. The van der Waals surface area contributed by atoms with E-state index in [1.165, 1.54) is 58.7 Å². The van der Waals surface area contributed by atoms with Crippen molar-refractivity contribution in [3.8, 4) is 0 Å². The summed E-state index contributed by atoms with van der Waals surface area (Å²) in [5, 5.41) is 0. The van der Waals surface area contributed by atoms with Crippen LogP contribution in [-0.2, 0) is 33.4 Å². The fourth-order valence-corrected chi connectivity index (χ4v) is 9.74. The van der Waals surface area contributed by atoms with Crippen LogP contribution in [0.3, 0.4) is 0 Å². The molecule has 22 heavy (non-hydrogen) atoms. The van der Waals surface area contributed by atoms with Gasteiger partial charge in [-0.25, -0.2) is 0 Å². The Kier molecular flexibility index (Phi) is 14.5. The van der Waals surface area contributed by atoms with E-state index in [1.54, 1.807) is 0 Å². The van der Waals surface area contributed by atoms with Gasteiger partial charge in [0.25, 0.3) is 0 Å². The molecule has 0 saturated carbocycles. The predicted molar refractivity (Wildman–Crippen MR) is 96.2 cm³/mol. The van der Waals surface area contributed by atoms with Crippen molar-refractivity contribution in [2.45, 2.75) is 79.1 Å². The molecule has 2 unspecified atom stereocenters. The summed E-state index contributed by atoms with van der Waals surface area (Å²) in [5.74, 6) is 3.05. The first kappa shape index (κ1) is 23.3. The second kappa shape index (κ2) is 13.6. The molecule has 0 bridgehead atoms. The van der Waals surface area contributed by atoms with Crippen LogP contribution in [0.4, 0.5) is 0 Å². The average Bonchev–Trinajstić information content (AvgIpc) is 2.53. The molecular weight excluding hydrogens is 399 g/mol. The van der Waals surface area contributed by atoms with Crippen LogP contribution in [0.15, 0.2) is 0 Å². The Balaban J connectivity index is 5.02. The van der Waals surface area contributed by atoms with Crippen LogP contribution in [0.1, 0.15) is 79.1 Å². The van der Waals surface area contributed by atoms with Gasteiger partial charge in [-0.2, -0.15) is 0 Å². The van der Waals surface area contributed by atoms with Gasteiger partial charge < -0.3 is 0 Å². The van der Waals surface area contributed by atoms with E-state index in [0.717, 1.165) is 24.3 Å². The van der Waals surface area contributed by atoms with Gasteiger partial charge in [0.15, 0.2) is 0 Å². The van der Waals surface area contributed by atoms with Crippen molar-refractivity contribution in [2.24, 2.45) is 11.8 Å². The topological polar surface area (TPSA) is 49.7 Å². The summed E-state index contributed by atoms with van der Waals surface area (Å²) in [5.41, 5.74) is 0. The van der Waals surface area contributed by atoms with Gasteiger partial charge >= 0.3 is 152 Å². The molecule has 0 aliphatic heterocycles. The van der Waals surface area contributed by atoms with Gasteiger partial charge in [0.2, 0.25) is 0 Å².